The third-order valence-corrected chi connectivity index (χ3v) is 3.46. The highest BCUT2D eigenvalue weighted by Gasteiger charge is 2.17. The topological polar surface area (TPSA) is 61.5 Å². The van der Waals surface area contributed by atoms with Crippen LogP contribution in [0.5, 0.6) is 5.75 Å². The molecule has 0 aliphatic heterocycles. The highest BCUT2D eigenvalue weighted by atomic mass is 16.6. The van der Waals surface area contributed by atoms with Crippen molar-refractivity contribution in [2.45, 2.75) is 58.1 Å². The van der Waals surface area contributed by atoms with E-state index in [1.165, 1.54) is 11.1 Å². The van der Waals surface area contributed by atoms with Crippen LogP contribution in [0.1, 0.15) is 44.7 Å². The molecule has 0 aromatic heterocycles. The lowest BCUT2D eigenvalue weighted by molar-refractivity contribution is -0.157. The predicted molar refractivity (Wildman–Crippen MR) is 82.4 cm³/mol. The SMILES string of the molecule is CC(C)(C)OC(=O)COc1ccc2c(c1)CC(N)CCC2. The van der Waals surface area contributed by atoms with Crippen molar-refractivity contribution in [1.82, 2.24) is 0 Å². The van der Waals surface area contributed by atoms with Crippen LogP contribution in [0.25, 0.3) is 0 Å². The Hall–Kier alpha value is -1.55. The molecule has 4 nitrogen and oxygen atoms in total. The summed E-state index contributed by atoms with van der Waals surface area (Å²) in [4.78, 5) is 11.7. The second-order valence-corrected chi connectivity index (χ2v) is 6.66. The first-order valence-corrected chi connectivity index (χ1v) is 7.55. The molecule has 1 aliphatic rings. The van der Waals surface area contributed by atoms with Crippen molar-refractivity contribution in [3.63, 3.8) is 0 Å². The molecule has 1 aromatic rings. The molecular weight excluding hydrogens is 266 g/mol. The van der Waals surface area contributed by atoms with E-state index in [0.717, 1.165) is 25.7 Å². The summed E-state index contributed by atoms with van der Waals surface area (Å²) in [6.07, 6.45) is 4.13. The molecule has 0 saturated carbocycles. The largest absolute Gasteiger partial charge is 0.482 e. The average Bonchev–Trinajstić information content (AvgIpc) is 2.54. The lowest BCUT2D eigenvalue weighted by Crippen LogP contribution is -2.27. The van der Waals surface area contributed by atoms with Gasteiger partial charge in [0.1, 0.15) is 11.4 Å². The summed E-state index contributed by atoms with van der Waals surface area (Å²) < 4.78 is 10.8. The molecule has 4 heteroatoms. The Balaban J connectivity index is 1.97. The van der Waals surface area contributed by atoms with E-state index in [1.54, 1.807) is 0 Å². The first kappa shape index (κ1) is 15.8. The molecule has 116 valence electrons. The number of carbonyl (C=O) groups excluding carboxylic acids is 1. The van der Waals surface area contributed by atoms with Gasteiger partial charge in [-0.1, -0.05) is 6.07 Å². The van der Waals surface area contributed by atoms with Gasteiger partial charge in [0.25, 0.3) is 0 Å². The summed E-state index contributed by atoms with van der Waals surface area (Å²) in [6, 6.07) is 6.22. The van der Waals surface area contributed by atoms with Gasteiger partial charge in [0.2, 0.25) is 0 Å². The number of benzene rings is 1. The zero-order chi connectivity index (χ0) is 15.5. The highest BCUT2D eigenvalue weighted by Crippen LogP contribution is 2.24. The van der Waals surface area contributed by atoms with Gasteiger partial charge in [0.05, 0.1) is 0 Å². The zero-order valence-electron chi connectivity index (χ0n) is 13.1. The van der Waals surface area contributed by atoms with E-state index in [-0.39, 0.29) is 18.6 Å². The molecular formula is C17H25NO3. The van der Waals surface area contributed by atoms with E-state index in [1.807, 2.05) is 32.9 Å². The summed E-state index contributed by atoms with van der Waals surface area (Å²) in [5.41, 5.74) is 8.17. The Labute approximate surface area is 126 Å². The predicted octanol–water partition coefficient (Wildman–Crippen LogP) is 2.61. The molecule has 21 heavy (non-hydrogen) atoms. The molecule has 0 spiro atoms. The molecule has 1 aromatic carbocycles. The summed E-state index contributed by atoms with van der Waals surface area (Å²) in [5.74, 6) is 0.350. The normalized spacial score (nSPS) is 18.6. The second-order valence-electron chi connectivity index (χ2n) is 6.66. The first-order chi connectivity index (χ1) is 9.83. The molecule has 0 saturated heterocycles. The molecule has 0 amide bonds. The number of esters is 1. The van der Waals surface area contributed by atoms with Crippen LogP contribution in [-0.4, -0.2) is 24.2 Å². The van der Waals surface area contributed by atoms with E-state index in [4.69, 9.17) is 15.2 Å². The van der Waals surface area contributed by atoms with Gasteiger partial charge in [-0.15, -0.1) is 0 Å². The number of aryl methyl sites for hydroxylation is 1. The van der Waals surface area contributed by atoms with Gasteiger partial charge in [-0.25, -0.2) is 4.79 Å². The van der Waals surface area contributed by atoms with Gasteiger partial charge < -0.3 is 15.2 Å². The van der Waals surface area contributed by atoms with Crippen molar-refractivity contribution in [1.29, 1.82) is 0 Å². The van der Waals surface area contributed by atoms with E-state index in [9.17, 15) is 4.79 Å². The lowest BCUT2D eigenvalue weighted by atomic mass is 10.0. The summed E-state index contributed by atoms with van der Waals surface area (Å²) in [5, 5.41) is 0. The van der Waals surface area contributed by atoms with E-state index < -0.39 is 5.60 Å². The van der Waals surface area contributed by atoms with E-state index in [2.05, 4.69) is 6.07 Å². The molecule has 0 bridgehead atoms. The minimum atomic E-state index is -0.485. The zero-order valence-corrected chi connectivity index (χ0v) is 13.1. The minimum Gasteiger partial charge on any atom is -0.482 e. The van der Waals surface area contributed by atoms with Gasteiger partial charge in [0, 0.05) is 6.04 Å². The molecule has 1 aliphatic carbocycles. The third kappa shape index (κ3) is 5.05. The van der Waals surface area contributed by atoms with Crippen LogP contribution in [0.15, 0.2) is 18.2 Å². The first-order valence-electron chi connectivity index (χ1n) is 7.55. The van der Waals surface area contributed by atoms with Crippen LogP contribution in [-0.2, 0) is 22.4 Å². The van der Waals surface area contributed by atoms with Crippen molar-refractivity contribution in [3.8, 4) is 5.75 Å². The average molecular weight is 291 g/mol. The van der Waals surface area contributed by atoms with E-state index in [0.29, 0.717) is 5.75 Å². The summed E-state index contributed by atoms with van der Waals surface area (Å²) in [6.45, 7) is 5.46. The minimum absolute atomic E-state index is 0.0674. The Kier molecular flexibility index (Phi) is 4.88. The van der Waals surface area contributed by atoms with Crippen molar-refractivity contribution in [3.05, 3.63) is 29.3 Å². The van der Waals surface area contributed by atoms with Crippen LogP contribution in [0.4, 0.5) is 0 Å². The molecule has 2 rings (SSSR count). The Morgan fingerprint density at radius 2 is 2.10 bits per heavy atom. The maximum Gasteiger partial charge on any atom is 0.344 e. The number of ether oxygens (including phenoxy) is 2. The van der Waals surface area contributed by atoms with Crippen molar-refractivity contribution in [2.75, 3.05) is 6.61 Å². The van der Waals surface area contributed by atoms with Crippen LogP contribution in [0.2, 0.25) is 0 Å². The van der Waals surface area contributed by atoms with Crippen LogP contribution in [0, 0.1) is 0 Å². The van der Waals surface area contributed by atoms with Crippen molar-refractivity contribution < 1.29 is 14.3 Å². The Morgan fingerprint density at radius 1 is 1.33 bits per heavy atom. The smallest absolute Gasteiger partial charge is 0.344 e. The van der Waals surface area contributed by atoms with Gasteiger partial charge in [0.15, 0.2) is 6.61 Å². The molecule has 1 unspecified atom stereocenters. The molecule has 1 atom stereocenters. The fourth-order valence-electron chi connectivity index (χ4n) is 2.58. The van der Waals surface area contributed by atoms with Crippen molar-refractivity contribution >= 4 is 5.97 Å². The Morgan fingerprint density at radius 3 is 2.81 bits per heavy atom. The summed E-state index contributed by atoms with van der Waals surface area (Å²) in [7, 11) is 0. The van der Waals surface area contributed by atoms with Gasteiger partial charge in [-0.3, -0.25) is 0 Å². The third-order valence-electron chi connectivity index (χ3n) is 3.46. The molecule has 0 fully saturated rings. The lowest BCUT2D eigenvalue weighted by Gasteiger charge is -2.19. The van der Waals surface area contributed by atoms with Gasteiger partial charge in [-0.05, 0) is 69.7 Å². The fourth-order valence-corrected chi connectivity index (χ4v) is 2.58. The Bertz CT molecular complexity index is 505. The van der Waals surface area contributed by atoms with E-state index >= 15 is 0 Å². The molecule has 2 N–H and O–H groups in total. The number of fused-ring (bicyclic) bond motifs is 1. The number of nitrogens with two attached hydrogens (primary N) is 1. The number of carbonyl (C=O) groups is 1. The number of rotatable bonds is 3. The number of hydrogen-bond donors (Lipinski definition) is 1. The summed E-state index contributed by atoms with van der Waals surface area (Å²) >= 11 is 0. The van der Waals surface area contributed by atoms with Gasteiger partial charge in [-0.2, -0.15) is 0 Å². The quantitative estimate of drug-likeness (QED) is 0.687. The standard InChI is InChI=1S/C17H25NO3/c1-17(2,3)21-16(19)11-20-15-8-7-12-5-4-6-14(18)9-13(12)10-15/h7-8,10,14H,4-6,9,11,18H2,1-3H3. The fraction of sp³-hybridized carbons (Fsp3) is 0.588. The molecule has 0 radical (unpaired) electrons. The van der Waals surface area contributed by atoms with Crippen LogP contribution < -0.4 is 10.5 Å². The molecule has 0 heterocycles. The van der Waals surface area contributed by atoms with Crippen LogP contribution in [0.3, 0.4) is 0 Å². The van der Waals surface area contributed by atoms with Crippen LogP contribution >= 0.6 is 0 Å². The van der Waals surface area contributed by atoms with Crippen molar-refractivity contribution in [2.24, 2.45) is 5.73 Å². The number of hydrogen-bond acceptors (Lipinski definition) is 4. The van der Waals surface area contributed by atoms with Gasteiger partial charge >= 0.3 is 5.97 Å². The maximum atomic E-state index is 11.7. The monoisotopic (exact) mass is 291 g/mol. The maximum absolute atomic E-state index is 11.7. The highest BCUT2D eigenvalue weighted by molar-refractivity contribution is 5.71. The second kappa shape index (κ2) is 6.48.